The first-order chi connectivity index (χ1) is 26.0. The highest BCUT2D eigenvalue weighted by atomic mass is 32.1. The minimum atomic E-state index is -2.87. The van der Waals surface area contributed by atoms with Gasteiger partial charge in [0.25, 0.3) is 0 Å². The van der Waals surface area contributed by atoms with Gasteiger partial charge in [0, 0.05) is 44.0 Å². The fraction of sp³-hybridized carbons (Fsp3) is 0.122. The van der Waals surface area contributed by atoms with Crippen LogP contribution >= 0.6 is 11.3 Å². The lowest BCUT2D eigenvalue weighted by Gasteiger charge is -2.50. The van der Waals surface area contributed by atoms with Crippen molar-refractivity contribution in [1.29, 1.82) is 0 Å². The molecular formula is C49H40N2SSi. The Bertz CT molecular complexity index is 2610. The van der Waals surface area contributed by atoms with Crippen molar-refractivity contribution in [1.82, 2.24) is 4.98 Å². The van der Waals surface area contributed by atoms with Crippen molar-refractivity contribution >= 4 is 60.8 Å². The maximum absolute atomic E-state index is 5.09. The highest BCUT2D eigenvalue weighted by Gasteiger charge is 2.55. The zero-order chi connectivity index (χ0) is 35.6. The molecule has 3 unspecified atom stereocenters. The number of benzene rings is 5. The molecule has 2 aromatic heterocycles. The van der Waals surface area contributed by atoms with E-state index in [0.29, 0.717) is 0 Å². The minimum absolute atomic E-state index is 0.0912. The zero-order valence-corrected chi connectivity index (χ0v) is 31.8. The van der Waals surface area contributed by atoms with Gasteiger partial charge in [0.05, 0.1) is 16.4 Å². The molecule has 0 amide bonds. The Morgan fingerprint density at radius 2 is 1.40 bits per heavy atom. The Morgan fingerprint density at radius 3 is 2.21 bits per heavy atom. The third kappa shape index (κ3) is 4.72. The molecule has 0 spiro atoms. The van der Waals surface area contributed by atoms with Crippen molar-refractivity contribution in [2.24, 2.45) is 0 Å². The number of thiophene rings is 1. The van der Waals surface area contributed by atoms with Crippen molar-refractivity contribution in [2.75, 3.05) is 4.90 Å². The molecular weight excluding hydrogens is 677 g/mol. The lowest BCUT2D eigenvalue weighted by atomic mass is 9.76. The van der Waals surface area contributed by atoms with Gasteiger partial charge in [0.15, 0.2) is 8.07 Å². The number of para-hydroxylation sites is 1. The van der Waals surface area contributed by atoms with E-state index >= 15 is 0 Å². The second-order valence-electron chi connectivity index (χ2n) is 15.2. The molecule has 4 heteroatoms. The van der Waals surface area contributed by atoms with Crippen molar-refractivity contribution in [3.63, 3.8) is 0 Å². The minimum Gasteiger partial charge on any atom is -0.337 e. The summed E-state index contributed by atoms with van der Waals surface area (Å²) in [4.78, 5) is 7.73. The van der Waals surface area contributed by atoms with Gasteiger partial charge in [0.1, 0.15) is 0 Å². The van der Waals surface area contributed by atoms with E-state index in [0.717, 1.165) is 12.1 Å². The largest absolute Gasteiger partial charge is 0.337 e. The van der Waals surface area contributed by atoms with E-state index in [2.05, 4.69) is 201 Å². The maximum Gasteiger partial charge on any atom is 0.158 e. The molecule has 3 atom stereocenters. The molecule has 2 nitrogen and oxygen atoms in total. The summed E-state index contributed by atoms with van der Waals surface area (Å²) in [5.74, 6) is 0. The second-order valence-corrected chi connectivity index (χ2v) is 20.6. The van der Waals surface area contributed by atoms with Crippen LogP contribution in [-0.2, 0) is 5.41 Å². The highest BCUT2D eigenvalue weighted by molar-refractivity contribution is 7.26. The van der Waals surface area contributed by atoms with E-state index in [1.165, 1.54) is 58.2 Å². The van der Waals surface area contributed by atoms with Crippen LogP contribution in [0.3, 0.4) is 0 Å². The number of anilines is 1. The lowest BCUT2D eigenvalue weighted by molar-refractivity contribution is 0.530. The molecule has 7 aromatic rings. The Kier molecular flexibility index (Phi) is 7.43. The van der Waals surface area contributed by atoms with Gasteiger partial charge in [-0.1, -0.05) is 165 Å². The first-order valence-electron chi connectivity index (χ1n) is 18.6. The van der Waals surface area contributed by atoms with Crippen molar-refractivity contribution in [3.8, 4) is 11.3 Å². The third-order valence-electron chi connectivity index (χ3n) is 12.2. The van der Waals surface area contributed by atoms with Crippen molar-refractivity contribution in [2.45, 2.75) is 36.8 Å². The number of rotatable bonds is 6. The Morgan fingerprint density at radius 1 is 0.679 bits per heavy atom. The Labute approximate surface area is 316 Å². The smallest absolute Gasteiger partial charge is 0.158 e. The molecule has 0 saturated carbocycles. The van der Waals surface area contributed by atoms with Crippen LogP contribution < -0.4 is 20.5 Å². The molecule has 0 fully saturated rings. The van der Waals surface area contributed by atoms with Gasteiger partial charge in [-0.05, 0) is 63.8 Å². The molecule has 10 rings (SSSR count). The van der Waals surface area contributed by atoms with Crippen molar-refractivity contribution < 1.29 is 0 Å². The summed E-state index contributed by atoms with van der Waals surface area (Å²) in [6.07, 6.45) is 19.4. The number of hydrogen-bond acceptors (Lipinski definition) is 3. The van der Waals surface area contributed by atoms with E-state index < -0.39 is 8.07 Å². The molecule has 1 aliphatic heterocycles. The number of pyridine rings is 1. The first kappa shape index (κ1) is 32.1. The lowest BCUT2D eigenvalue weighted by Crippen LogP contribution is -2.73. The van der Waals surface area contributed by atoms with Crippen LogP contribution in [0.4, 0.5) is 5.69 Å². The first-order valence-corrected chi connectivity index (χ1v) is 21.4. The van der Waals surface area contributed by atoms with Crippen LogP contribution in [0.15, 0.2) is 194 Å². The molecule has 0 bridgehead atoms. The predicted octanol–water partition coefficient (Wildman–Crippen LogP) is 10.5. The maximum atomic E-state index is 5.09. The summed E-state index contributed by atoms with van der Waals surface area (Å²) in [6, 6.07) is 52.4. The summed E-state index contributed by atoms with van der Waals surface area (Å²) in [6.45, 7) is 4.94. The van der Waals surface area contributed by atoms with Gasteiger partial charge >= 0.3 is 0 Å². The summed E-state index contributed by atoms with van der Waals surface area (Å²) < 4.78 is 2.55. The van der Waals surface area contributed by atoms with Crippen LogP contribution in [0.5, 0.6) is 0 Å². The van der Waals surface area contributed by atoms with Gasteiger partial charge in [0.2, 0.25) is 0 Å². The molecule has 3 aliphatic rings. The number of aromatic nitrogens is 1. The zero-order valence-electron chi connectivity index (χ0n) is 30.0. The fourth-order valence-corrected chi connectivity index (χ4v) is 16.9. The van der Waals surface area contributed by atoms with Gasteiger partial charge < -0.3 is 4.90 Å². The van der Waals surface area contributed by atoms with Crippen LogP contribution in [-0.4, -0.2) is 19.1 Å². The monoisotopic (exact) mass is 716 g/mol. The SMILES string of the molecule is CC12C=CC=CC1N(C1=CC=CC(C)([Si](c3ccccc3)(c3ccccc3)c3cccc(-c4nccc5c4sc4ccccc45)c3)C1)c1ccccc12. The van der Waals surface area contributed by atoms with E-state index in [9.17, 15) is 0 Å². The average molecular weight is 717 g/mol. The van der Waals surface area contributed by atoms with Crippen molar-refractivity contribution in [3.05, 3.63) is 200 Å². The molecule has 5 aromatic carbocycles. The summed E-state index contributed by atoms with van der Waals surface area (Å²) >= 11 is 1.85. The number of hydrogen-bond donors (Lipinski definition) is 0. The summed E-state index contributed by atoms with van der Waals surface area (Å²) in [7, 11) is -2.87. The van der Waals surface area contributed by atoms with Gasteiger partial charge in [-0.15, -0.1) is 11.3 Å². The van der Waals surface area contributed by atoms with Gasteiger partial charge in [-0.2, -0.15) is 0 Å². The highest BCUT2D eigenvalue weighted by Crippen LogP contribution is 2.54. The standard InChI is InChI=1S/C49H40N2SSi/c1-48(30-16-18-36(34-48)51-43-26-11-10-25-42(43)49(2)31-14-13-28-45(49)51)53(37-19-5-3-6-20-37,38-21-7-4-8-22-38)39-23-15-17-35(33-39)46-47-41(29-32-50-46)40-24-9-12-27-44(40)52-47/h3-33,45H,34H2,1-2H3. The van der Waals surface area contributed by atoms with E-state index in [1.807, 2.05) is 17.5 Å². The van der Waals surface area contributed by atoms with Crippen LogP contribution in [0.2, 0.25) is 5.04 Å². The second kappa shape index (κ2) is 12.3. The molecule has 2 aliphatic carbocycles. The normalized spacial score (nSPS) is 21.9. The molecule has 0 radical (unpaired) electrons. The van der Waals surface area contributed by atoms with Crippen LogP contribution in [0, 0.1) is 0 Å². The number of allylic oxidation sites excluding steroid dienone is 6. The molecule has 0 saturated heterocycles. The third-order valence-corrected chi connectivity index (χ3v) is 19.1. The van der Waals surface area contributed by atoms with Gasteiger partial charge in [-0.3, -0.25) is 4.98 Å². The van der Waals surface area contributed by atoms with E-state index in [1.54, 1.807) is 0 Å². The topological polar surface area (TPSA) is 16.1 Å². The van der Waals surface area contributed by atoms with Gasteiger partial charge in [-0.25, -0.2) is 0 Å². The summed E-state index contributed by atoms with van der Waals surface area (Å²) in [5.41, 5.74) is 6.22. The van der Waals surface area contributed by atoms with Crippen LogP contribution in [0.1, 0.15) is 25.8 Å². The van der Waals surface area contributed by atoms with E-state index in [4.69, 9.17) is 4.98 Å². The predicted molar refractivity (Wildman–Crippen MR) is 229 cm³/mol. The van der Waals surface area contributed by atoms with E-state index in [-0.39, 0.29) is 16.5 Å². The molecule has 3 heterocycles. The summed E-state index contributed by atoms with van der Waals surface area (Å²) in [5, 5.41) is 6.57. The van der Waals surface area contributed by atoms with Crippen LogP contribution in [0.25, 0.3) is 31.4 Å². The molecule has 0 N–H and O–H groups in total. The quantitative estimate of drug-likeness (QED) is 0.126. The number of fused-ring (bicyclic) bond motifs is 6. The fourth-order valence-electron chi connectivity index (χ4n) is 9.86. The Hall–Kier alpha value is -5.55. The molecule has 53 heavy (non-hydrogen) atoms. The number of nitrogens with zero attached hydrogens (tertiary/aromatic N) is 2. The average Bonchev–Trinajstić information content (AvgIpc) is 3.72. The molecule has 256 valence electrons. The Balaban J connectivity index is 1.19.